The quantitative estimate of drug-likeness (QED) is 0.500. The Bertz CT molecular complexity index is 1080. The lowest BCUT2D eigenvalue weighted by molar-refractivity contribution is -0.0210. The molecule has 178 valence electrons. The summed E-state index contributed by atoms with van der Waals surface area (Å²) in [4.78, 5) is 23.3. The first-order valence-electron chi connectivity index (χ1n) is 10.6. The van der Waals surface area contributed by atoms with Gasteiger partial charge in [-0.3, -0.25) is 14.8 Å². The van der Waals surface area contributed by atoms with Crippen LogP contribution >= 0.6 is 11.3 Å². The summed E-state index contributed by atoms with van der Waals surface area (Å²) in [6, 6.07) is 1.53. The van der Waals surface area contributed by atoms with Crippen LogP contribution in [-0.2, 0) is 4.74 Å². The van der Waals surface area contributed by atoms with Gasteiger partial charge in [0.05, 0.1) is 24.0 Å². The Kier molecular flexibility index (Phi) is 6.52. The summed E-state index contributed by atoms with van der Waals surface area (Å²) in [7, 11) is 3.59. The van der Waals surface area contributed by atoms with Crippen molar-refractivity contribution < 1.29 is 13.9 Å². The Morgan fingerprint density at radius 1 is 1.48 bits per heavy atom. The maximum atomic E-state index is 14.1. The highest BCUT2D eigenvalue weighted by Gasteiger charge is 2.36. The molecule has 1 saturated heterocycles. The highest BCUT2D eigenvalue weighted by atomic mass is 32.1. The molecule has 1 fully saturated rings. The molecule has 0 saturated carbocycles. The van der Waals surface area contributed by atoms with Gasteiger partial charge in [-0.2, -0.15) is 0 Å². The average Bonchev–Trinajstić information content (AvgIpc) is 3.29. The van der Waals surface area contributed by atoms with Crippen LogP contribution in [0.2, 0.25) is 0 Å². The van der Waals surface area contributed by atoms with Crippen LogP contribution in [0.25, 0.3) is 10.6 Å². The highest BCUT2D eigenvalue weighted by molar-refractivity contribution is 7.19. The van der Waals surface area contributed by atoms with Gasteiger partial charge in [-0.05, 0) is 25.8 Å². The Morgan fingerprint density at radius 3 is 3.00 bits per heavy atom. The molecule has 33 heavy (non-hydrogen) atoms. The number of nitrogens with zero attached hydrogens (tertiary/aromatic N) is 4. The van der Waals surface area contributed by atoms with Gasteiger partial charge in [0.15, 0.2) is 11.5 Å². The number of halogens is 1. The van der Waals surface area contributed by atoms with E-state index in [1.54, 1.807) is 7.11 Å². The van der Waals surface area contributed by atoms with Crippen LogP contribution in [0.5, 0.6) is 0 Å². The number of nitrogens with one attached hydrogen (secondary N) is 2. The third-order valence-electron chi connectivity index (χ3n) is 6.00. The summed E-state index contributed by atoms with van der Waals surface area (Å²) < 4.78 is 19.9. The minimum atomic E-state index is -0.523. The minimum Gasteiger partial charge on any atom is -0.389 e. The molecule has 4 heterocycles. The van der Waals surface area contributed by atoms with Gasteiger partial charge in [0.25, 0.3) is 5.91 Å². The Hall–Kier alpha value is -2.80. The second-order valence-corrected chi connectivity index (χ2v) is 9.60. The Morgan fingerprint density at radius 2 is 2.27 bits per heavy atom. The fraction of sp³-hybridized carbons (Fsp3) is 0.476. The predicted molar refractivity (Wildman–Crippen MR) is 124 cm³/mol. The Balaban J connectivity index is 1.60. The number of likely N-dealkylation sites (tertiary alicyclic amines) is 1. The zero-order valence-corrected chi connectivity index (χ0v) is 19.7. The van der Waals surface area contributed by atoms with E-state index in [9.17, 15) is 9.18 Å². The average molecular weight is 477 g/mol. The summed E-state index contributed by atoms with van der Waals surface area (Å²) in [6.07, 6.45) is 4.12. The van der Waals surface area contributed by atoms with E-state index >= 15 is 0 Å². The van der Waals surface area contributed by atoms with Gasteiger partial charge < -0.3 is 26.4 Å². The second-order valence-electron chi connectivity index (χ2n) is 8.57. The molecule has 0 radical (unpaired) electrons. The van der Waals surface area contributed by atoms with Gasteiger partial charge >= 0.3 is 0 Å². The van der Waals surface area contributed by atoms with Crippen LogP contribution in [0, 0.1) is 5.82 Å². The molecule has 2 aliphatic heterocycles. The van der Waals surface area contributed by atoms with Gasteiger partial charge in [0.1, 0.15) is 15.8 Å². The third-order valence-corrected chi connectivity index (χ3v) is 6.92. The molecule has 0 bridgehead atoms. The lowest BCUT2D eigenvalue weighted by Gasteiger charge is -2.36. The zero-order valence-electron chi connectivity index (χ0n) is 18.9. The van der Waals surface area contributed by atoms with Crippen molar-refractivity contribution in [2.45, 2.75) is 31.4 Å². The van der Waals surface area contributed by atoms with Crippen LogP contribution in [0.4, 0.5) is 9.39 Å². The standard InChI is InChI=1S/C21H29FN8O2S/c1-21(32-3)8-12(23)5-7-30(11-21)20-15(10-26-29(20)2)27-18(31)16-17(24)33-19(28-16)13-4-6-25-9-14(13)22/h4,6,9,12,26H,5,7-8,10-11,23-24H2,1-3H3,(H,27,31). The van der Waals surface area contributed by atoms with Crippen molar-refractivity contribution >= 4 is 22.2 Å². The topological polar surface area (TPSA) is 135 Å². The fourth-order valence-corrected chi connectivity index (χ4v) is 5.12. The minimum absolute atomic E-state index is 0.0278. The molecule has 0 aliphatic carbocycles. The number of thiazole rings is 1. The number of pyridine rings is 1. The molecular weight excluding hydrogens is 447 g/mol. The summed E-state index contributed by atoms with van der Waals surface area (Å²) >= 11 is 1.06. The number of hydrogen-bond acceptors (Lipinski definition) is 10. The molecule has 4 rings (SSSR count). The monoisotopic (exact) mass is 476 g/mol. The number of anilines is 1. The summed E-state index contributed by atoms with van der Waals surface area (Å²) in [5.41, 5.74) is 16.2. The molecule has 6 N–H and O–H groups in total. The van der Waals surface area contributed by atoms with Gasteiger partial charge in [-0.15, -0.1) is 0 Å². The number of nitrogens with two attached hydrogens (primary N) is 2. The molecular formula is C21H29FN8O2S. The zero-order chi connectivity index (χ0) is 23.8. The van der Waals surface area contributed by atoms with Crippen LogP contribution in [0.3, 0.4) is 0 Å². The molecule has 1 amide bonds. The number of aromatic nitrogens is 2. The smallest absolute Gasteiger partial charge is 0.277 e. The Labute approximate surface area is 195 Å². The van der Waals surface area contributed by atoms with E-state index in [4.69, 9.17) is 16.2 Å². The molecule has 12 heteroatoms. The van der Waals surface area contributed by atoms with Crippen molar-refractivity contribution in [3.05, 3.63) is 41.5 Å². The van der Waals surface area contributed by atoms with Crippen LogP contribution in [0.1, 0.15) is 30.3 Å². The first-order chi connectivity index (χ1) is 15.7. The normalized spacial score (nSPS) is 23.7. The van der Waals surface area contributed by atoms with Gasteiger partial charge in [0, 0.05) is 45.0 Å². The fourth-order valence-electron chi connectivity index (χ4n) is 4.27. The first-order valence-corrected chi connectivity index (χ1v) is 11.5. The highest BCUT2D eigenvalue weighted by Crippen LogP contribution is 2.32. The van der Waals surface area contributed by atoms with Gasteiger partial charge in [0.2, 0.25) is 0 Å². The predicted octanol–water partition coefficient (Wildman–Crippen LogP) is 1.10. The van der Waals surface area contributed by atoms with E-state index in [-0.39, 0.29) is 22.3 Å². The van der Waals surface area contributed by atoms with Crippen molar-refractivity contribution in [1.82, 2.24) is 30.6 Å². The number of carbonyl (C=O) groups is 1. The molecule has 2 aromatic heterocycles. The summed E-state index contributed by atoms with van der Waals surface area (Å²) in [5.74, 6) is -0.129. The largest absolute Gasteiger partial charge is 0.389 e. The number of ether oxygens (including phenoxy) is 1. The molecule has 10 nitrogen and oxygen atoms in total. The maximum Gasteiger partial charge on any atom is 0.277 e. The number of hydrogen-bond donors (Lipinski definition) is 4. The number of hydrazine groups is 1. The number of carbonyl (C=O) groups excluding carboxylic acids is 1. The van der Waals surface area contributed by atoms with Crippen LogP contribution < -0.4 is 22.2 Å². The lowest BCUT2D eigenvalue weighted by Crippen LogP contribution is -2.45. The summed E-state index contributed by atoms with van der Waals surface area (Å²) in [6.45, 7) is 3.83. The van der Waals surface area contributed by atoms with Crippen molar-refractivity contribution in [2.24, 2.45) is 5.73 Å². The lowest BCUT2D eigenvalue weighted by atomic mass is 9.97. The van der Waals surface area contributed by atoms with Crippen molar-refractivity contribution in [2.75, 3.05) is 39.5 Å². The second kappa shape index (κ2) is 9.21. The molecule has 0 spiro atoms. The number of amides is 1. The van der Waals surface area contributed by atoms with Crippen molar-refractivity contribution in [3.8, 4) is 10.6 Å². The van der Waals surface area contributed by atoms with E-state index in [2.05, 4.69) is 25.6 Å². The van der Waals surface area contributed by atoms with E-state index in [0.29, 0.717) is 23.8 Å². The van der Waals surface area contributed by atoms with E-state index in [0.717, 1.165) is 42.7 Å². The van der Waals surface area contributed by atoms with E-state index < -0.39 is 17.3 Å². The van der Waals surface area contributed by atoms with Crippen molar-refractivity contribution in [3.63, 3.8) is 0 Å². The van der Waals surface area contributed by atoms with Crippen molar-refractivity contribution in [1.29, 1.82) is 0 Å². The third kappa shape index (κ3) is 4.78. The molecule has 2 atom stereocenters. The molecule has 2 unspecified atom stereocenters. The molecule has 2 aromatic rings. The maximum absolute atomic E-state index is 14.1. The van der Waals surface area contributed by atoms with Gasteiger partial charge in [-0.1, -0.05) is 11.3 Å². The van der Waals surface area contributed by atoms with E-state index in [1.165, 1.54) is 12.3 Å². The van der Waals surface area contributed by atoms with Gasteiger partial charge in [-0.25, -0.2) is 14.8 Å². The summed E-state index contributed by atoms with van der Waals surface area (Å²) in [5, 5.41) is 5.37. The SMILES string of the molecule is COC1(C)CC(N)CCN(C2=C(NC(=O)c3nc(-c4ccncc4F)sc3N)CNN2C)C1. The first kappa shape index (κ1) is 23.4. The molecule has 0 aromatic carbocycles. The van der Waals surface area contributed by atoms with Crippen LogP contribution in [0.15, 0.2) is 30.0 Å². The van der Waals surface area contributed by atoms with Crippen LogP contribution in [-0.4, -0.2) is 71.2 Å². The number of rotatable bonds is 5. The number of nitrogen functional groups attached to an aromatic ring is 1. The van der Waals surface area contributed by atoms with E-state index in [1.807, 2.05) is 19.0 Å². The molecule has 2 aliphatic rings. The number of methoxy groups -OCH3 is 1.